The maximum atomic E-state index is 11.4. The topological polar surface area (TPSA) is 99.9 Å². The van der Waals surface area contributed by atoms with Crippen molar-refractivity contribution in [2.45, 2.75) is 19.0 Å². The lowest BCUT2D eigenvalue weighted by molar-refractivity contribution is 0.0662. The van der Waals surface area contributed by atoms with Gasteiger partial charge in [0.25, 0.3) is 0 Å². The summed E-state index contributed by atoms with van der Waals surface area (Å²) < 4.78 is 30.6. The van der Waals surface area contributed by atoms with Crippen molar-refractivity contribution in [3.05, 3.63) is 35.6 Å². The van der Waals surface area contributed by atoms with E-state index in [1.807, 2.05) is 17.0 Å². The molecule has 2 heterocycles. The molecule has 3 rings (SSSR count). The van der Waals surface area contributed by atoms with Gasteiger partial charge < -0.3 is 9.52 Å². The summed E-state index contributed by atoms with van der Waals surface area (Å²) in [6, 6.07) is 7.07. The molecule has 0 amide bonds. The first-order valence-corrected chi connectivity index (χ1v) is 9.16. The molecular weight excluding hydrogens is 320 g/mol. The highest BCUT2D eigenvalue weighted by Crippen LogP contribution is 2.28. The van der Waals surface area contributed by atoms with Crippen molar-refractivity contribution in [1.82, 2.24) is 9.62 Å². The first-order valence-electron chi connectivity index (χ1n) is 7.27. The molecule has 1 saturated heterocycles. The van der Waals surface area contributed by atoms with Crippen LogP contribution in [0.4, 0.5) is 0 Å². The summed E-state index contributed by atoms with van der Waals surface area (Å²) in [5, 5.41) is 10.1. The van der Waals surface area contributed by atoms with Gasteiger partial charge in [0, 0.05) is 36.6 Å². The second-order valence-corrected chi connectivity index (χ2v) is 7.60. The molecule has 0 aliphatic carbocycles. The summed E-state index contributed by atoms with van der Waals surface area (Å²) in [6.45, 7) is 1.66. The lowest BCUT2D eigenvalue weighted by Crippen LogP contribution is -2.36. The monoisotopic (exact) mass is 338 g/mol. The lowest BCUT2D eigenvalue weighted by Gasteiger charge is -2.16. The van der Waals surface area contributed by atoms with Crippen molar-refractivity contribution in [3.8, 4) is 0 Å². The molecule has 2 N–H and O–H groups in total. The molecular formula is C15H18N2O5S. The van der Waals surface area contributed by atoms with Gasteiger partial charge in [-0.25, -0.2) is 17.9 Å². The Morgan fingerprint density at radius 1 is 1.43 bits per heavy atom. The SMILES string of the molecule is CS(=O)(=O)NC1CCN(Cc2c(C(=O)O)oc3ccccc23)C1. The van der Waals surface area contributed by atoms with E-state index in [2.05, 4.69) is 4.72 Å². The van der Waals surface area contributed by atoms with E-state index >= 15 is 0 Å². The van der Waals surface area contributed by atoms with Gasteiger partial charge in [-0.05, 0) is 12.5 Å². The van der Waals surface area contributed by atoms with Gasteiger partial charge in [0.15, 0.2) is 0 Å². The van der Waals surface area contributed by atoms with Crippen molar-refractivity contribution >= 4 is 27.0 Å². The molecule has 1 unspecified atom stereocenters. The van der Waals surface area contributed by atoms with Crippen molar-refractivity contribution < 1.29 is 22.7 Å². The van der Waals surface area contributed by atoms with E-state index in [4.69, 9.17) is 4.42 Å². The molecule has 1 aliphatic rings. The fourth-order valence-corrected chi connectivity index (χ4v) is 3.83. The molecule has 0 bridgehead atoms. The van der Waals surface area contributed by atoms with Crippen LogP contribution < -0.4 is 4.72 Å². The zero-order valence-electron chi connectivity index (χ0n) is 12.7. The van der Waals surface area contributed by atoms with Gasteiger partial charge in [-0.3, -0.25) is 4.90 Å². The number of benzene rings is 1. The molecule has 1 atom stereocenters. The van der Waals surface area contributed by atoms with Gasteiger partial charge in [-0.1, -0.05) is 18.2 Å². The second kappa shape index (κ2) is 5.95. The number of nitrogens with one attached hydrogen (secondary N) is 1. The Hall–Kier alpha value is -1.90. The maximum Gasteiger partial charge on any atom is 0.372 e. The number of carboxylic acid groups (broad SMARTS) is 1. The Balaban J connectivity index is 1.82. The van der Waals surface area contributed by atoms with E-state index in [0.717, 1.165) is 11.6 Å². The molecule has 124 valence electrons. The highest BCUT2D eigenvalue weighted by molar-refractivity contribution is 7.88. The van der Waals surface area contributed by atoms with Gasteiger partial charge in [-0.15, -0.1) is 0 Å². The number of fused-ring (bicyclic) bond motifs is 1. The molecule has 2 aromatic rings. The van der Waals surface area contributed by atoms with E-state index in [1.54, 1.807) is 12.1 Å². The quantitative estimate of drug-likeness (QED) is 0.851. The van der Waals surface area contributed by atoms with Crippen LogP contribution in [0, 0.1) is 0 Å². The van der Waals surface area contributed by atoms with Gasteiger partial charge in [0.2, 0.25) is 15.8 Å². The second-order valence-electron chi connectivity index (χ2n) is 5.82. The molecule has 7 nitrogen and oxygen atoms in total. The van der Waals surface area contributed by atoms with Crippen LogP contribution in [0.25, 0.3) is 11.0 Å². The molecule has 8 heteroatoms. The minimum absolute atomic E-state index is 0.0503. The van der Waals surface area contributed by atoms with E-state index < -0.39 is 16.0 Å². The Labute approximate surface area is 133 Å². The third-order valence-corrected chi connectivity index (χ3v) is 4.69. The molecule has 0 radical (unpaired) electrons. The molecule has 23 heavy (non-hydrogen) atoms. The number of para-hydroxylation sites is 1. The zero-order valence-corrected chi connectivity index (χ0v) is 13.5. The molecule has 0 spiro atoms. The number of sulfonamides is 1. The predicted molar refractivity (Wildman–Crippen MR) is 84.8 cm³/mol. The molecule has 1 aliphatic heterocycles. The fraction of sp³-hybridized carbons (Fsp3) is 0.400. The van der Waals surface area contributed by atoms with Crippen LogP contribution in [0.3, 0.4) is 0 Å². The Morgan fingerprint density at radius 2 is 2.17 bits per heavy atom. The Kier molecular flexibility index (Phi) is 4.13. The molecule has 0 saturated carbocycles. The number of likely N-dealkylation sites (tertiary alicyclic amines) is 1. The first-order chi connectivity index (χ1) is 10.8. The highest BCUT2D eigenvalue weighted by atomic mass is 32.2. The van der Waals surface area contributed by atoms with Gasteiger partial charge >= 0.3 is 5.97 Å². The number of aromatic carboxylic acids is 1. The highest BCUT2D eigenvalue weighted by Gasteiger charge is 2.28. The average molecular weight is 338 g/mol. The van der Waals surface area contributed by atoms with E-state index in [-0.39, 0.29) is 11.8 Å². The molecule has 1 aromatic carbocycles. The number of rotatable bonds is 5. The van der Waals surface area contributed by atoms with Crippen molar-refractivity contribution in [2.75, 3.05) is 19.3 Å². The standard InChI is InChI=1S/C15H18N2O5S/c1-23(20,21)16-10-6-7-17(8-10)9-12-11-4-2-3-5-13(11)22-14(12)15(18)19/h2-5,10,16H,6-9H2,1H3,(H,18,19). The number of furan rings is 1. The van der Waals surface area contributed by atoms with Crippen LogP contribution in [0.15, 0.2) is 28.7 Å². The van der Waals surface area contributed by atoms with Crippen LogP contribution in [0.2, 0.25) is 0 Å². The number of carbonyl (C=O) groups is 1. The third kappa shape index (κ3) is 3.54. The normalized spacial score (nSPS) is 19.4. The van der Waals surface area contributed by atoms with Gasteiger partial charge in [0.05, 0.1) is 6.26 Å². The van der Waals surface area contributed by atoms with Crippen LogP contribution in [-0.2, 0) is 16.6 Å². The minimum atomic E-state index is -3.24. The van der Waals surface area contributed by atoms with Crippen LogP contribution in [0.1, 0.15) is 22.5 Å². The smallest absolute Gasteiger partial charge is 0.372 e. The molecule has 1 fully saturated rings. The number of carboxylic acids is 1. The third-order valence-electron chi connectivity index (χ3n) is 3.93. The Bertz CT molecular complexity index is 843. The number of hydrogen-bond acceptors (Lipinski definition) is 5. The van der Waals surface area contributed by atoms with Crippen LogP contribution >= 0.6 is 0 Å². The van der Waals surface area contributed by atoms with E-state index in [0.29, 0.717) is 37.2 Å². The van der Waals surface area contributed by atoms with Gasteiger partial charge in [-0.2, -0.15) is 0 Å². The van der Waals surface area contributed by atoms with E-state index in [9.17, 15) is 18.3 Å². The van der Waals surface area contributed by atoms with Crippen molar-refractivity contribution in [1.29, 1.82) is 0 Å². The van der Waals surface area contributed by atoms with Crippen molar-refractivity contribution in [3.63, 3.8) is 0 Å². The summed E-state index contributed by atoms with van der Waals surface area (Å²) in [4.78, 5) is 13.4. The average Bonchev–Trinajstić information content (AvgIpc) is 3.03. The summed E-state index contributed by atoms with van der Waals surface area (Å²) in [7, 11) is -3.24. The number of nitrogens with zero attached hydrogens (tertiary/aromatic N) is 1. The predicted octanol–water partition coefficient (Wildman–Crippen LogP) is 1.25. The largest absolute Gasteiger partial charge is 0.475 e. The lowest BCUT2D eigenvalue weighted by atomic mass is 10.1. The number of hydrogen-bond donors (Lipinski definition) is 2. The van der Waals surface area contributed by atoms with Crippen molar-refractivity contribution in [2.24, 2.45) is 0 Å². The first kappa shape index (κ1) is 16.0. The summed E-state index contributed by atoms with van der Waals surface area (Å²) in [6.07, 6.45) is 1.84. The van der Waals surface area contributed by atoms with Gasteiger partial charge in [0.1, 0.15) is 5.58 Å². The molecule has 1 aromatic heterocycles. The Morgan fingerprint density at radius 3 is 2.87 bits per heavy atom. The van der Waals surface area contributed by atoms with Crippen LogP contribution in [0.5, 0.6) is 0 Å². The fourth-order valence-electron chi connectivity index (χ4n) is 3.03. The summed E-state index contributed by atoms with van der Waals surface area (Å²) in [5.41, 5.74) is 1.18. The zero-order chi connectivity index (χ0) is 16.6. The maximum absolute atomic E-state index is 11.4. The minimum Gasteiger partial charge on any atom is -0.475 e. The van der Waals surface area contributed by atoms with Crippen LogP contribution in [-0.4, -0.2) is 49.8 Å². The summed E-state index contributed by atoms with van der Waals surface area (Å²) in [5.74, 6) is -1.15. The van der Waals surface area contributed by atoms with E-state index in [1.165, 1.54) is 0 Å². The summed E-state index contributed by atoms with van der Waals surface area (Å²) >= 11 is 0.